The Hall–Kier alpha value is -4.17. The highest BCUT2D eigenvalue weighted by molar-refractivity contribution is 7.80. The minimum Gasteiger partial charge on any atom is -0.493 e. The molecule has 0 saturated carbocycles. The van der Waals surface area contributed by atoms with Crippen molar-refractivity contribution in [1.29, 1.82) is 0 Å². The van der Waals surface area contributed by atoms with Crippen molar-refractivity contribution in [3.8, 4) is 22.9 Å². The van der Waals surface area contributed by atoms with Crippen LogP contribution in [0.3, 0.4) is 0 Å². The van der Waals surface area contributed by atoms with E-state index in [1.165, 1.54) is 0 Å². The predicted octanol–water partition coefficient (Wildman–Crippen LogP) is 5.62. The van der Waals surface area contributed by atoms with E-state index in [9.17, 15) is 0 Å². The minimum atomic E-state index is -0.260. The lowest BCUT2D eigenvalue weighted by Gasteiger charge is -2.37. The van der Waals surface area contributed by atoms with Crippen molar-refractivity contribution in [3.05, 3.63) is 96.0 Å². The number of hydrogen-bond acceptors (Lipinski definition) is 6. The van der Waals surface area contributed by atoms with Crippen molar-refractivity contribution < 1.29 is 14.0 Å². The van der Waals surface area contributed by atoms with Crippen molar-refractivity contribution in [2.45, 2.75) is 13.0 Å². The molecule has 1 unspecified atom stereocenters. The summed E-state index contributed by atoms with van der Waals surface area (Å²) < 4.78 is 16.7. The van der Waals surface area contributed by atoms with Crippen LogP contribution in [0, 0.1) is 0 Å². The van der Waals surface area contributed by atoms with Crippen LogP contribution in [0.25, 0.3) is 17.0 Å². The van der Waals surface area contributed by atoms with Crippen molar-refractivity contribution in [1.82, 2.24) is 15.5 Å². The minimum absolute atomic E-state index is 0.260. The molecule has 0 amide bonds. The van der Waals surface area contributed by atoms with E-state index in [-0.39, 0.29) is 6.04 Å². The molecule has 0 bridgehead atoms. The summed E-state index contributed by atoms with van der Waals surface area (Å²) in [6.45, 7) is 2.00. The first-order chi connectivity index (χ1) is 17.1. The lowest BCUT2D eigenvalue weighted by molar-refractivity contribution is 0.355. The van der Waals surface area contributed by atoms with E-state index in [1.54, 1.807) is 14.2 Å². The summed E-state index contributed by atoms with van der Waals surface area (Å²) in [5.41, 5.74) is 4.46. The monoisotopic (exact) mass is 484 g/mol. The summed E-state index contributed by atoms with van der Waals surface area (Å²) in [6, 6.07) is 25.2. The van der Waals surface area contributed by atoms with Gasteiger partial charge in [-0.1, -0.05) is 65.8 Å². The molecule has 5 rings (SSSR count). The number of rotatable bonds is 6. The Balaban J connectivity index is 1.65. The largest absolute Gasteiger partial charge is 0.493 e. The second-order valence-electron chi connectivity index (χ2n) is 7.96. The molecule has 0 aliphatic carbocycles. The molecule has 7 nitrogen and oxygen atoms in total. The highest BCUT2D eigenvalue weighted by Crippen LogP contribution is 2.41. The average molecular weight is 485 g/mol. The summed E-state index contributed by atoms with van der Waals surface area (Å²) in [5.74, 6) is 2.20. The number of ether oxygens (including phenoxy) is 2. The van der Waals surface area contributed by atoms with Crippen molar-refractivity contribution in [2.75, 3.05) is 19.1 Å². The third kappa shape index (κ3) is 4.24. The second-order valence-corrected chi connectivity index (χ2v) is 8.34. The van der Waals surface area contributed by atoms with Gasteiger partial charge < -0.3 is 19.3 Å². The maximum Gasteiger partial charge on any atom is 0.258 e. The fourth-order valence-electron chi connectivity index (χ4n) is 4.23. The van der Waals surface area contributed by atoms with Gasteiger partial charge in [0.05, 0.1) is 31.5 Å². The zero-order valence-electron chi connectivity index (χ0n) is 19.6. The molecule has 0 radical (unpaired) electrons. The average Bonchev–Trinajstić information content (AvgIpc) is 3.39. The van der Waals surface area contributed by atoms with Gasteiger partial charge in [0, 0.05) is 17.3 Å². The number of nitrogens with one attached hydrogen (secondary N) is 1. The molecule has 0 fully saturated rings. The molecule has 1 aliphatic rings. The van der Waals surface area contributed by atoms with E-state index in [2.05, 4.69) is 10.5 Å². The van der Waals surface area contributed by atoms with E-state index in [4.69, 9.17) is 31.2 Å². The highest BCUT2D eigenvalue weighted by atomic mass is 32.1. The molecule has 1 aliphatic heterocycles. The number of thiocarbonyl (C=S) groups is 1. The maximum atomic E-state index is 5.83. The van der Waals surface area contributed by atoms with Crippen molar-refractivity contribution in [3.63, 3.8) is 0 Å². The molecule has 4 aromatic rings. The van der Waals surface area contributed by atoms with E-state index >= 15 is 0 Å². The van der Waals surface area contributed by atoms with Crippen LogP contribution in [-0.2, 0) is 0 Å². The molecule has 1 atom stereocenters. The molecule has 176 valence electrons. The number of allylic oxidation sites excluding steroid dienone is 1. The summed E-state index contributed by atoms with van der Waals surface area (Å²) in [6.07, 6.45) is 0. The van der Waals surface area contributed by atoms with Gasteiger partial charge >= 0.3 is 0 Å². The van der Waals surface area contributed by atoms with Crippen LogP contribution in [0.4, 0.5) is 5.69 Å². The SMILES string of the molecule is COc1ccc(N2C(=S)NC(c3ccccc3)C(c3nc(-c4ccccc4)no3)=C2C)cc1OC. The number of aromatic nitrogens is 2. The number of hydrogen-bond donors (Lipinski definition) is 1. The first kappa shape index (κ1) is 22.6. The van der Waals surface area contributed by atoms with Crippen LogP contribution in [0.2, 0.25) is 0 Å². The topological polar surface area (TPSA) is 72.7 Å². The summed E-state index contributed by atoms with van der Waals surface area (Å²) >= 11 is 5.83. The third-order valence-corrected chi connectivity index (χ3v) is 6.23. The smallest absolute Gasteiger partial charge is 0.258 e. The van der Waals surface area contributed by atoms with Crippen LogP contribution >= 0.6 is 12.2 Å². The van der Waals surface area contributed by atoms with Crippen molar-refractivity contribution in [2.24, 2.45) is 0 Å². The van der Waals surface area contributed by atoms with Crippen LogP contribution in [0.5, 0.6) is 11.5 Å². The predicted molar refractivity (Wildman–Crippen MR) is 139 cm³/mol. The lowest BCUT2D eigenvalue weighted by atomic mass is 9.94. The number of benzene rings is 3. The van der Waals surface area contributed by atoms with Gasteiger partial charge in [0.15, 0.2) is 16.6 Å². The van der Waals surface area contributed by atoms with Gasteiger partial charge in [-0.05, 0) is 36.8 Å². The Kier molecular flexibility index (Phi) is 6.20. The Bertz CT molecular complexity index is 1390. The number of nitrogens with zero attached hydrogens (tertiary/aromatic N) is 3. The normalized spacial score (nSPS) is 15.7. The molecule has 3 aromatic carbocycles. The first-order valence-corrected chi connectivity index (χ1v) is 11.5. The quantitative estimate of drug-likeness (QED) is 0.354. The molecular weight excluding hydrogens is 460 g/mol. The van der Waals surface area contributed by atoms with Gasteiger partial charge in [-0.15, -0.1) is 0 Å². The van der Waals surface area contributed by atoms with E-state index in [1.807, 2.05) is 90.7 Å². The van der Waals surface area contributed by atoms with E-state index in [0.717, 1.165) is 28.1 Å². The molecule has 8 heteroatoms. The third-order valence-electron chi connectivity index (χ3n) is 5.93. The zero-order chi connectivity index (χ0) is 24.4. The Morgan fingerprint density at radius 3 is 2.29 bits per heavy atom. The molecule has 0 spiro atoms. The van der Waals surface area contributed by atoms with Crippen LogP contribution in [0.15, 0.2) is 89.1 Å². The van der Waals surface area contributed by atoms with E-state index < -0.39 is 0 Å². The first-order valence-electron chi connectivity index (χ1n) is 11.1. The summed E-state index contributed by atoms with van der Waals surface area (Å²) in [5, 5.41) is 8.28. The molecule has 0 saturated heterocycles. The number of anilines is 1. The van der Waals surface area contributed by atoms with Gasteiger partial charge in [-0.3, -0.25) is 4.90 Å². The standard InChI is InChI=1S/C27H24N4O3S/c1-17-23(26-29-25(30-34-26)19-12-8-5-9-13-19)24(18-10-6-4-7-11-18)28-27(35)31(17)20-14-15-21(32-2)22(16-20)33-3/h4-16,24H,1-3H3,(H,28,35). The van der Waals surface area contributed by atoms with Crippen LogP contribution in [0.1, 0.15) is 24.4 Å². The molecule has 1 N–H and O–H groups in total. The zero-order valence-corrected chi connectivity index (χ0v) is 20.4. The fraction of sp³-hybridized carbons (Fsp3) is 0.148. The second kappa shape index (κ2) is 9.60. The lowest BCUT2D eigenvalue weighted by Crippen LogP contribution is -2.46. The van der Waals surface area contributed by atoms with Crippen LogP contribution < -0.4 is 19.7 Å². The van der Waals surface area contributed by atoms with Gasteiger partial charge in [0.2, 0.25) is 5.82 Å². The van der Waals surface area contributed by atoms with Crippen molar-refractivity contribution >= 4 is 28.6 Å². The molecule has 2 heterocycles. The molecule has 1 aromatic heterocycles. The fourth-order valence-corrected chi connectivity index (χ4v) is 4.59. The Morgan fingerprint density at radius 1 is 0.914 bits per heavy atom. The summed E-state index contributed by atoms with van der Waals surface area (Å²) in [7, 11) is 3.22. The summed E-state index contributed by atoms with van der Waals surface area (Å²) in [4.78, 5) is 6.70. The van der Waals surface area contributed by atoms with Gasteiger partial charge in [-0.2, -0.15) is 4.98 Å². The maximum absolute atomic E-state index is 5.83. The van der Waals surface area contributed by atoms with Gasteiger partial charge in [0.25, 0.3) is 5.89 Å². The van der Waals surface area contributed by atoms with E-state index in [0.29, 0.717) is 28.3 Å². The Morgan fingerprint density at radius 2 is 1.60 bits per heavy atom. The van der Waals surface area contributed by atoms with Crippen LogP contribution in [-0.4, -0.2) is 29.5 Å². The molecule has 35 heavy (non-hydrogen) atoms. The molecular formula is C27H24N4O3S. The van der Waals surface area contributed by atoms with Gasteiger partial charge in [0.1, 0.15) is 0 Å². The number of methoxy groups -OCH3 is 2. The highest BCUT2D eigenvalue weighted by Gasteiger charge is 2.35. The van der Waals surface area contributed by atoms with Gasteiger partial charge in [-0.25, -0.2) is 0 Å². The Labute approximate surface area is 209 Å².